The molecule has 12 heteroatoms. The molecule has 0 bridgehead atoms. The minimum Gasteiger partial charge on any atom is -0.503 e. The van der Waals surface area contributed by atoms with Gasteiger partial charge in [-0.05, 0) is 47.9 Å². The lowest BCUT2D eigenvalue weighted by molar-refractivity contribution is -0.141. The standard InChI is InChI=1S/C27H23Cl3N2O6S/c1-31-24(36)26(29)10-16-14(5-6-15-19(16)23(35)32(22(15)34)11-13-4-3-7-39-13)20(27(26,30)25(31)37)12-8-17(28)21(33)18(9-12)38-2/h3-5,7-9,15-16,19-20,33H,6,10-11H2,1-2H3/t15-,16+,19-,20-,26+,27-/m0/s1. The SMILES string of the molecule is COc1cc([C@H]2C3=CC[C@@H]4C(=O)N(Cc5cccs5)C(=O)[C@@H]4[C@@H]3C[C@@]3(Cl)C(=O)N(C)C(=O)[C@@]23Cl)cc(Cl)c1O. The molecule has 6 rings (SSSR count). The number of thiophene rings is 1. The molecule has 2 saturated heterocycles. The maximum Gasteiger partial charge on any atom is 0.253 e. The molecule has 0 unspecified atom stereocenters. The molecule has 2 aliphatic carbocycles. The number of likely N-dealkylation sites (tertiary alicyclic amines) is 2. The van der Waals surface area contributed by atoms with E-state index >= 15 is 0 Å². The molecule has 4 aliphatic rings. The zero-order chi connectivity index (χ0) is 28.0. The van der Waals surface area contributed by atoms with Crippen LogP contribution in [0.1, 0.15) is 29.2 Å². The topological polar surface area (TPSA) is 104 Å². The van der Waals surface area contributed by atoms with Crippen LogP contribution in [0.15, 0.2) is 41.3 Å². The summed E-state index contributed by atoms with van der Waals surface area (Å²) in [6.45, 7) is 0.171. The molecule has 6 atom stereocenters. The number of rotatable bonds is 4. The lowest BCUT2D eigenvalue weighted by Crippen LogP contribution is -2.60. The van der Waals surface area contributed by atoms with Gasteiger partial charge < -0.3 is 9.84 Å². The first-order chi connectivity index (χ1) is 18.5. The third-order valence-electron chi connectivity index (χ3n) is 8.60. The van der Waals surface area contributed by atoms with Gasteiger partial charge in [0.2, 0.25) is 11.8 Å². The van der Waals surface area contributed by atoms with Crippen LogP contribution in [0.5, 0.6) is 11.5 Å². The summed E-state index contributed by atoms with van der Waals surface area (Å²) in [5.74, 6) is -5.18. The molecule has 2 aromatic rings. The lowest BCUT2D eigenvalue weighted by Gasteiger charge is -2.50. The van der Waals surface area contributed by atoms with Crippen molar-refractivity contribution in [2.75, 3.05) is 14.2 Å². The third kappa shape index (κ3) is 3.43. The molecule has 1 aromatic heterocycles. The van der Waals surface area contributed by atoms with Gasteiger partial charge in [-0.3, -0.25) is 29.0 Å². The van der Waals surface area contributed by atoms with Gasteiger partial charge >= 0.3 is 0 Å². The van der Waals surface area contributed by atoms with Gasteiger partial charge in [-0.1, -0.05) is 29.3 Å². The highest BCUT2D eigenvalue weighted by atomic mass is 35.5. The maximum absolute atomic E-state index is 13.8. The van der Waals surface area contributed by atoms with Crippen molar-refractivity contribution in [3.63, 3.8) is 0 Å². The number of hydrogen-bond donors (Lipinski definition) is 1. The smallest absolute Gasteiger partial charge is 0.253 e. The zero-order valence-corrected chi connectivity index (χ0v) is 23.9. The number of halogens is 3. The molecule has 1 N–H and O–H groups in total. The van der Waals surface area contributed by atoms with Crippen LogP contribution in [0.4, 0.5) is 0 Å². The summed E-state index contributed by atoms with van der Waals surface area (Å²) in [4.78, 5) is 53.7. The van der Waals surface area contributed by atoms with E-state index in [1.165, 1.54) is 42.5 Å². The van der Waals surface area contributed by atoms with E-state index in [9.17, 15) is 24.3 Å². The fourth-order valence-electron chi connectivity index (χ4n) is 6.81. The Morgan fingerprint density at radius 2 is 1.87 bits per heavy atom. The number of carbonyl (C=O) groups excluding carboxylic acids is 4. The van der Waals surface area contributed by atoms with Gasteiger partial charge in [-0.15, -0.1) is 34.5 Å². The van der Waals surface area contributed by atoms with Crippen molar-refractivity contribution < 1.29 is 29.0 Å². The number of alkyl halides is 2. The quantitative estimate of drug-likeness (QED) is 0.315. The van der Waals surface area contributed by atoms with Crippen LogP contribution >= 0.6 is 46.1 Å². The van der Waals surface area contributed by atoms with Crippen molar-refractivity contribution in [1.82, 2.24) is 9.80 Å². The van der Waals surface area contributed by atoms with Gasteiger partial charge in [0.25, 0.3) is 11.8 Å². The Morgan fingerprint density at radius 1 is 1.13 bits per heavy atom. The summed E-state index contributed by atoms with van der Waals surface area (Å²) in [6, 6.07) is 6.69. The number of benzene rings is 1. The number of nitrogens with zero attached hydrogens (tertiary/aromatic N) is 2. The highest BCUT2D eigenvalue weighted by molar-refractivity contribution is 7.09. The Bertz CT molecular complexity index is 1480. The highest BCUT2D eigenvalue weighted by Gasteiger charge is 2.75. The molecule has 8 nitrogen and oxygen atoms in total. The van der Waals surface area contributed by atoms with Gasteiger partial charge in [-0.2, -0.15) is 0 Å². The second-order valence-corrected chi connectivity index (χ2v) is 13.1. The van der Waals surface area contributed by atoms with E-state index < -0.39 is 45.2 Å². The van der Waals surface area contributed by atoms with Crippen LogP contribution in [0.25, 0.3) is 0 Å². The first-order valence-electron chi connectivity index (χ1n) is 12.3. The fourth-order valence-corrected chi connectivity index (χ4v) is 8.74. The first-order valence-corrected chi connectivity index (χ1v) is 14.3. The largest absolute Gasteiger partial charge is 0.503 e. The van der Waals surface area contributed by atoms with E-state index in [1.807, 2.05) is 23.6 Å². The van der Waals surface area contributed by atoms with Crippen LogP contribution in [-0.2, 0) is 25.7 Å². The van der Waals surface area contributed by atoms with E-state index in [-0.39, 0.29) is 47.7 Å². The minimum atomic E-state index is -1.94. The summed E-state index contributed by atoms with van der Waals surface area (Å²) >= 11 is 22.1. The van der Waals surface area contributed by atoms with Gasteiger partial charge in [0.15, 0.2) is 21.2 Å². The molecule has 204 valence electrons. The number of allylic oxidation sites excluding steroid dienone is 2. The van der Waals surface area contributed by atoms with Crippen molar-refractivity contribution in [3.05, 3.63) is 56.8 Å². The number of amides is 4. The second kappa shape index (κ2) is 8.96. The van der Waals surface area contributed by atoms with Crippen LogP contribution in [-0.4, -0.2) is 62.4 Å². The molecule has 2 aliphatic heterocycles. The van der Waals surface area contributed by atoms with E-state index in [1.54, 1.807) is 0 Å². The van der Waals surface area contributed by atoms with Crippen molar-refractivity contribution in [2.24, 2.45) is 17.8 Å². The number of ether oxygens (including phenoxy) is 1. The second-order valence-electron chi connectivity index (χ2n) is 10.4. The van der Waals surface area contributed by atoms with Gasteiger partial charge in [0, 0.05) is 17.8 Å². The number of phenols is 1. The predicted molar refractivity (Wildman–Crippen MR) is 145 cm³/mol. The minimum absolute atomic E-state index is 0.0411. The van der Waals surface area contributed by atoms with Crippen molar-refractivity contribution in [2.45, 2.75) is 35.1 Å². The number of phenolic OH excluding ortho intramolecular Hbond substituents is 1. The van der Waals surface area contributed by atoms with Crippen molar-refractivity contribution in [3.8, 4) is 11.5 Å². The molecule has 1 saturated carbocycles. The van der Waals surface area contributed by atoms with Crippen LogP contribution < -0.4 is 4.74 Å². The summed E-state index contributed by atoms with van der Waals surface area (Å²) < 4.78 is 5.30. The van der Waals surface area contributed by atoms with Gasteiger partial charge in [0.1, 0.15) is 0 Å². The number of carbonyl (C=O) groups is 4. The molecule has 3 heterocycles. The molecular formula is C27H23Cl3N2O6S. The Balaban J connectivity index is 1.51. The molecule has 0 spiro atoms. The molecular weight excluding hydrogens is 587 g/mol. The van der Waals surface area contributed by atoms with Gasteiger partial charge in [0.05, 0.1) is 30.5 Å². The van der Waals surface area contributed by atoms with Crippen LogP contribution in [0, 0.1) is 17.8 Å². The van der Waals surface area contributed by atoms with E-state index in [0.29, 0.717) is 11.1 Å². The van der Waals surface area contributed by atoms with E-state index in [4.69, 9.17) is 39.5 Å². The normalized spacial score (nSPS) is 33.7. The molecule has 39 heavy (non-hydrogen) atoms. The van der Waals surface area contributed by atoms with Crippen LogP contribution in [0.2, 0.25) is 5.02 Å². The monoisotopic (exact) mass is 608 g/mol. The summed E-state index contributed by atoms with van der Waals surface area (Å²) in [5, 5.41) is 12.2. The zero-order valence-electron chi connectivity index (χ0n) is 20.8. The summed E-state index contributed by atoms with van der Waals surface area (Å²) in [7, 11) is 2.68. The van der Waals surface area contributed by atoms with Gasteiger partial charge in [-0.25, -0.2) is 0 Å². The number of imide groups is 2. The number of methoxy groups -OCH3 is 1. The number of fused-ring (bicyclic) bond motifs is 4. The lowest BCUT2D eigenvalue weighted by atomic mass is 9.56. The summed E-state index contributed by atoms with van der Waals surface area (Å²) in [6.07, 6.45) is 2.02. The Morgan fingerprint density at radius 3 is 2.54 bits per heavy atom. The first kappa shape index (κ1) is 26.6. The average Bonchev–Trinajstić information content (AvgIpc) is 3.55. The Kier molecular flexibility index (Phi) is 6.12. The molecule has 0 radical (unpaired) electrons. The van der Waals surface area contributed by atoms with E-state index in [0.717, 1.165) is 9.78 Å². The van der Waals surface area contributed by atoms with Crippen LogP contribution in [0.3, 0.4) is 0 Å². The molecule has 1 aromatic carbocycles. The predicted octanol–water partition coefficient (Wildman–Crippen LogP) is 4.30. The average molecular weight is 610 g/mol. The van der Waals surface area contributed by atoms with E-state index in [2.05, 4.69) is 0 Å². The number of aromatic hydroxyl groups is 1. The summed E-state index contributed by atoms with van der Waals surface area (Å²) in [5.41, 5.74) is 1.04. The maximum atomic E-state index is 13.8. The number of hydrogen-bond acceptors (Lipinski definition) is 7. The molecule has 3 fully saturated rings. The van der Waals surface area contributed by atoms with Crippen molar-refractivity contribution in [1.29, 1.82) is 0 Å². The Labute approximate surface area is 243 Å². The van der Waals surface area contributed by atoms with Crippen molar-refractivity contribution >= 4 is 69.8 Å². The fraction of sp³-hybridized carbons (Fsp3) is 0.407. The molecule has 4 amide bonds. The highest BCUT2D eigenvalue weighted by Crippen LogP contribution is 2.65. The third-order valence-corrected chi connectivity index (χ3v) is 11.2. The Hall–Kier alpha value is -2.59.